The predicted molar refractivity (Wildman–Crippen MR) is 144 cm³/mol. The second kappa shape index (κ2) is 8.88. The molecule has 1 fully saturated rings. The van der Waals surface area contributed by atoms with E-state index in [9.17, 15) is 14.7 Å². The summed E-state index contributed by atoms with van der Waals surface area (Å²) < 4.78 is 18.7. The van der Waals surface area contributed by atoms with Crippen molar-refractivity contribution >= 4 is 23.1 Å². The fraction of sp³-hybridized carbons (Fsp3) is 0.310. The molecule has 2 bridgehead atoms. The van der Waals surface area contributed by atoms with Gasteiger partial charge in [-0.1, -0.05) is 0 Å². The fourth-order valence-corrected chi connectivity index (χ4v) is 6.71. The van der Waals surface area contributed by atoms with Gasteiger partial charge in [0, 0.05) is 55.3 Å². The average Bonchev–Trinajstić information content (AvgIpc) is 3.65. The fourth-order valence-electron chi connectivity index (χ4n) is 6.71. The number of amides is 1. The van der Waals surface area contributed by atoms with Crippen molar-refractivity contribution in [2.24, 2.45) is 7.05 Å². The van der Waals surface area contributed by atoms with E-state index < -0.39 is 12.4 Å². The monoisotopic (exact) mass is 526 g/mol. The molecule has 4 aromatic rings. The molecule has 1 amide bonds. The van der Waals surface area contributed by atoms with Crippen LogP contribution in [0.5, 0.6) is 0 Å². The predicted octanol–water partition coefficient (Wildman–Crippen LogP) is 4.04. The van der Waals surface area contributed by atoms with Gasteiger partial charge in [-0.2, -0.15) is 0 Å². The zero-order valence-electron chi connectivity index (χ0n) is 21.4. The first kappa shape index (κ1) is 23.8. The number of hydrogen-bond donors (Lipinski definition) is 2. The Hall–Kier alpha value is -4.31. The molecule has 1 aliphatic heterocycles. The number of fused-ring (bicyclic) bond motifs is 7. The van der Waals surface area contributed by atoms with Crippen LogP contribution in [0.2, 0.25) is 0 Å². The molecule has 39 heavy (non-hydrogen) atoms. The van der Waals surface area contributed by atoms with E-state index in [4.69, 9.17) is 0 Å². The van der Waals surface area contributed by atoms with Crippen LogP contribution in [0.25, 0.3) is 11.1 Å². The molecule has 9 nitrogen and oxygen atoms in total. The SMILES string of the molecule is Cn1cc(-c2cc(F)cc(N3CCn4c(cc5c4C4CCC5C4)C3=O)c2CO)cc(Nc2ccncn2)c1=O. The van der Waals surface area contributed by atoms with Crippen LogP contribution in [0.3, 0.4) is 0 Å². The molecule has 7 rings (SSSR count). The number of aryl methyl sites for hydroxylation is 1. The van der Waals surface area contributed by atoms with Crippen LogP contribution in [0.1, 0.15) is 58.4 Å². The van der Waals surface area contributed by atoms with Gasteiger partial charge in [0.15, 0.2) is 0 Å². The summed E-state index contributed by atoms with van der Waals surface area (Å²) in [5.41, 5.74) is 4.86. The van der Waals surface area contributed by atoms with Crippen molar-refractivity contribution in [2.75, 3.05) is 16.8 Å². The van der Waals surface area contributed by atoms with Gasteiger partial charge in [-0.15, -0.1) is 0 Å². The highest BCUT2D eigenvalue weighted by Crippen LogP contribution is 2.54. The van der Waals surface area contributed by atoms with Crippen LogP contribution in [-0.2, 0) is 20.2 Å². The number of carbonyl (C=O) groups is 1. The maximum Gasteiger partial charge on any atom is 0.274 e. The van der Waals surface area contributed by atoms with Crippen LogP contribution < -0.4 is 15.8 Å². The zero-order chi connectivity index (χ0) is 26.8. The largest absolute Gasteiger partial charge is 0.392 e. The Balaban J connectivity index is 1.30. The third kappa shape index (κ3) is 3.69. The van der Waals surface area contributed by atoms with Crippen molar-refractivity contribution in [1.29, 1.82) is 0 Å². The number of aliphatic hydroxyl groups is 1. The first-order chi connectivity index (χ1) is 18.9. The molecule has 4 heterocycles. The summed E-state index contributed by atoms with van der Waals surface area (Å²) >= 11 is 0. The second-order valence-corrected chi connectivity index (χ2v) is 10.6. The number of nitrogens with zero attached hydrogens (tertiary/aromatic N) is 5. The van der Waals surface area contributed by atoms with Crippen LogP contribution in [-0.4, -0.2) is 36.7 Å². The van der Waals surface area contributed by atoms with Gasteiger partial charge < -0.3 is 24.5 Å². The van der Waals surface area contributed by atoms with Gasteiger partial charge in [0.1, 0.15) is 29.3 Å². The van der Waals surface area contributed by atoms with E-state index in [-0.39, 0.29) is 17.2 Å². The number of aromatic nitrogens is 4. The highest BCUT2D eigenvalue weighted by Gasteiger charge is 2.43. The summed E-state index contributed by atoms with van der Waals surface area (Å²) in [6.45, 7) is 0.602. The van der Waals surface area contributed by atoms with Gasteiger partial charge in [-0.25, -0.2) is 14.4 Å². The van der Waals surface area contributed by atoms with E-state index in [0.29, 0.717) is 58.8 Å². The molecule has 0 radical (unpaired) electrons. The number of carbonyl (C=O) groups excluding carboxylic acids is 1. The molecule has 2 N–H and O–H groups in total. The molecule has 1 aromatic carbocycles. The Morgan fingerprint density at radius 3 is 2.77 bits per heavy atom. The van der Waals surface area contributed by atoms with E-state index in [0.717, 1.165) is 0 Å². The summed E-state index contributed by atoms with van der Waals surface area (Å²) in [5, 5.41) is 13.5. The highest BCUT2D eigenvalue weighted by atomic mass is 19.1. The third-order valence-corrected chi connectivity index (χ3v) is 8.42. The Kier molecular flexibility index (Phi) is 5.41. The maximum atomic E-state index is 15.2. The molecular formula is C29H27FN6O3. The molecular weight excluding hydrogens is 499 g/mol. The van der Waals surface area contributed by atoms with Gasteiger partial charge in [-0.05, 0) is 66.6 Å². The number of aliphatic hydroxyl groups excluding tert-OH is 1. The number of halogens is 1. The van der Waals surface area contributed by atoms with Crippen molar-refractivity contribution in [1.82, 2.24) is 19.1 Å². The lowest BCUT2D eigenvalue weighted by atomic mass is 9.97. The minimum atomic E-state index is -0.536. The normalized spacial score (nSPS) is 19.4. The van der Waals surface area contributed by atoms with E-state index in [2.05, 4.69) is 19.9 Å². The number of nitrogens with one attached hydrogen (secondary N) is 1. The lowest BCUT2D eigenvalue weighted by Crippen LogP contribution is -2.41. The summed E-state index contributed by atoms with van der Waals surface area (Å²) in [6.07, 6.45) is 8.04. The Morgan fingerprint density at radius 2 is 1.97 bits per heavy atom. The molecule has 2 aliphatic carbocycles. The molecule has 0 spiro atoms. The average molecular weight is 527 g/mol. The molecule has 3 aromatic heterocycles. The van der Waals surface area contributed by atoms with Crippen molar-refractivity contribution in [2.45, 2.75) is 44.2 Å². The topological polar surface area (TPSA) is 105 Å². The zero-order valence-corrected chi connectivity index (χ0v) is 21.4. The number of benzene rings is 1. The maximum absolute atomic E-state index is 15.2. The molecule has 3 aliphatic rings. The van der Waals surface area contributed by atoms with E-state index >= 15 is 4.39 Å². The van der Waals surface area contributed by atoms with Crippen molar-refractivity contribution in [3.8, 4) is 11.1 Å². The standard InChI is InChI=1S/C29H27FN6O3/c1-34-13-18(9-23(28(34)38)33-26-4-5-31-15-32-26)20-10-19(30)11-24(22(20)14-37)36-7-6-35-25(29(36)39)12-21-16-2-3-17(8-16)27(21)35/h4-5,9-13,15-17,37H,2-3,6-8,14H2,1H3,(H,31,32,33). The van der Waals surface area contributed by atoms with Crippen molar-refractivity contribution in [3.05, 3.63) is 87.7 Å². The summed E-state index contributed by atoms with van der Waals surface area (Å²) in [4.78, 5) is 36.2. The molecule has 1 saturated carbocycles. The lowest BCUT2D eigenvalue weighted by Gasteiger charge is -2.32. The number of hydrogen-bond acceptors (Lipinski definition) is 6. The minimum Gasteiger partial charge on any atom is -0.392 e. The first-order valence-corrected chi connectivity index (χ1v) is 13.2. The number of pyridine rings is 1. The summed E-state index contributed by atoms with van der Waals surface area (Å²) in [5.74, 6) is 0.775. The minimum absolute atomic E-state index is 0.187. The Bertz CT molecular complexity index is 1700. The van der Waals surface area contributed by atoms with Crippen LogP contribution in [0.15, 0.2) is 53.8 Å². The van der Waals surface area contributed by atoms with Gasteiger partial charge in [0.25, 0.3) is 11.5 Å². The lowest BCUT2D eigenvalue weighted by molar-refractivity contribution is 0.0964. The van der Waals surface area contributed by atoms with Gasteiger partial charge >= 0.3 is 0 Å². The van der Waals surface area contributed by atoms with E-state index in [1.807, 2.05) is 6.07 Å². The van der Waals surface area contributed by atoms with Crippen molar-refractivity contribution < 1.29 is 14.3 Å². The highest BCUT2D eigenvalue weighted by molar-refractivity contribution is 6.07. The van der Waals surface area contributed by atoms with Crippen molar-refractivity contribution in [3.63, 3.8) is 0 Å². The van der Waals surface area contributed by atoms with E-state index in [1.54, 1.807) is 36.5 Å². The number of anilines is 3. The Labute approximate surface area is 223 Å². The summed E-state index contributed by atoms with van der Waals surface area (Å²) in [7, 11) is 1.60. The summed E-state index contributed by atoms with van der Waals surface area (Å²) in [6, 6.07) is 7.90. The van der Waals surface area contributed by atoms with Gasteiger partial charge in [0.05, 0.1) is 12.3 Å². The number of rotatable bonds is 5. The molecule has 198 valence electrons. The molecule has 0 saturated heterocycles. The first-order valence-electron chi connectivity index (χ1n) is 13.2. The van der Waals surface area contributed by atoms with E-state index in [1.165, 1.54) is 53.5 Å². The van der Waals surface area contributed by atoms with Crippen LogP contribution >= 0.6 is 0 Å². The second-order valence-electron chi connectivity index (χ2n) is 10.6. The molecule has 2 unspecified atom stereocenters. The Morgan fingerprint density at radius 1 is 1.13 bits per heavy atom. The van der Waals surface area contributed by atoms with Crippen LogP contribution in [0.4, 0.5) is 21.6 Å². The van der Waals surface area contributed by atoms with Gasteiger partial charge in [-0.3, -0.25) is 9.59 Å². The van der Waals surface area contributed by atoms with Gasteiger partial charge in [0.2, 0.25) is 0 Å². The molecule has 2 atom stereocenters. The quantitative estimate of drug-likeness (QED) is 0.407. The smallest absolute Gasteiger partial charge is 0.274 e. The molecule has 10 heteroatoms. The third-order valence-electron chi connectivity index (χ3n) is 8.42. The van der Waals surface area contributed by atoms with Crippen LogP contribution in [0, 0.1) is 5.82 Å².